The standard InChI is InChI=1S/C15H11BrO3/c1-8(15(18)19)7-12-13(16)9(2)10-5-3-4-6-11(10)14(12)17/h3-7H,2H2,1H3,(H,18,19)/b8-7+. The zero-order valence-corrected chi connectivity index (χ0v) is 11.8. The van der Waals surface area contributed by atoms with Gasteiger partial charge in [-0.25, -0.2) is 4.79 Å². The number of benzene rings is 1. The number of ketones is 1. The average Bonchev–Trinajstić information content (AvgIpc) is 2.40. The second-order valence-electron chi connectivity index (χ2n) is 4.21. The second kappa shape index (κ2) is 4.97. The quantitative estimate of drug-likeness (QED) is 0.848. The summed E-state index contributed by atoms with van der Waals surface area (Å²) in [7, 11) is 0. The molecule has 0 aliphatic heterocycles. The number of allylic oxidation sites excluding steroid dienone is 4. The van der Waals surface area contributed by atoms with Crippen molar-refractivity contribution in [2.75, 3.05) is 0 Å². The van der Waals surface area contributed by atoms with E-state index in [2.05, 4.69) is 22.5 Å². The molecule has 4 heteroatoms. The fourth-order valence-corrected chi connectivity index (χ4v) is 2.39. The van der Waals surface area contributed by atoms with Crippen molar-refractivity contribution in [2.24, 2.45) is 0 Å². The van der Waals surface area contributed by atoms with Gasteiger partial charge in [-0.1, -0.05) is 30.8 Å². The van der Waals surface area contributed by atoms with Crippen LogP contribution in [0.5, 0.6) is 0 Å². The van der Waals surface area contributed by atoms with Gasteiger partial charge in [0.05, 0.1) is 0 Å². The third kappa shape index (κ3) is 2.31. The number of hydrogen-bond acceptors (Lipinski definition) is 2. The van der Waals surface area contributed by atoms with E-state index in [1.165, 1.54) is 13.0 Å². The van der Waals surface area contributed by atoms with Crippen molar-refractivity contribution >= 4 is 33.3 Å². The van der Waals surface area contributed by atoms with E-state index in [-0.39, 0.29) is 11.4 Å². The number of carbonyl (C=O) groups excluding carboxylic acids is 1. The van der Waals surface area contributed by atoms with Gasteiger partial charge < -0.3 is 5.11 Å². The smallest absolute Gasteiger partial charge is 0.331 e. The van der Waals surface area contributed by atoms with Gasteiger partial charge in [0, 0.05) is 21.2 Å². The first-order chi connectivity index (χ1) is 8.93. The van der Waals surface area contributed by atoms with Crippen LogP contribution >= 0.6 is 15.9 Å². The molecule has 0 radical (unpaired) electrons. The van der Waals surface area contributed by atoms with E-state index in [0.717, 1.165) is 5.56 Å². The lowest BCUT2D eigenvalue weighted by Gasteiger charge is -2.19. The van der Waals surface area contributed by atoms with Crippen molar-refractivity contribution in [3.63, 3.8) is 0 Å². The number of hydrogen-bond donors (Lipinski definition) is 1. The Morgan fingerprint density at radius 2 is 1.89 bits per heavy atom. The lowest BCUT2D eigenvalue weighted by Crippen LogP contribution is -2.13. The maximum Gasteiger partial charge on any atom is 0.331 e. The first-order valence-corrected chi connectivity index (χ1v) is 6.37. The van der Waals surface area contributed by atoms with E-state index in [4.69, 9.17) is 5.11 Å². The van der Waals surface area contributed by atoms with Crippen molar-refractivity contribution in [1.82, 2.24) is 0 Å². The number of aliphatic carboxylic acids is 1. The molecule has 0 fully saturated rings. The van der Waals surface area contributed by atoms with Crippen LogP contribution in [0, 0.1) is 0 Å². The third-order valence-corrected chi connectivity index (χ3v) is 3.85. The molecule has 0 unspecified atom stereocenters. The predicted molar refractivity (Wildman–Crippen MR) is 77.2 cm³/mol. The topological polar surface area (TPSA) is 54.4 Å². The monoisotopic (exact) mass is 318 g/mol. The number of carboxylic acid groups (broad SMARTS) is 1. The highest BCUT2D eigenvalue weighted by atomic mass is 79.9. The van der Waals surface area contributed by atoms with Crippen LogP contribution in [0.25, 0.3) is 5.57 Å². The Bertz CT molecular complexity index is 666. The Morgan fingerprint density at radius 3 is 2.47 bits per heavy atom. The Labute approximate surface area is 119 Å². The highest BCUT2D eigenvalue weighted by Crippen LogP contribution is 2.38. The molecule has 0 saturated heterocycles. The highest BCUT2D eigenvalue weighted by molar-refractivity contribution is 9.12. The molecule has 1 aromatic carbocycles. The number of carbonyl (C=O) groups is 2. The van der Waals surface area contributed by atoms with Crippen LogP contribution in [0.3, 0.4) is 0 Å². The van der Waals surface area contributed by atoms with Gasteiger partial charge in [0.15, 0.2) is 5.78 Å². The van der Waals surface area contributed by atoms with Crippen LogP contribution in [0.1, 0.15) is 22.8 Å². The van der Waals surface area contributed by atoms with Gasteiger partial charge in [0.2, 0.25) is 0 Å². The summed E-state index contributed by atoms with van der Waals surface area (Å²) in [4.78, 5) is 23.2. The molecular formula is C15H11BrO3. The molecule has 0 saturated carbocycles. The molecule has 1 aliphatic carbocycles. The van der Waals surface area contributed by atoms with Crippen LogP contribution < -0.4 is 0 Å². The summed E-state index contributed by atoms with van der Waals surface area (Å²) >= 11 is 3.33. The average molecular weight is 319 g/mol. The molecule has 0 amide bonds. The second-order valence-corrected chi connectivity index (χ2v) is 5.01. The predicted octanol–water partition coefficient (Wildman–Crippen LogP) is 3.58. The minimum Gasteiger partial charge on any atom is -0.478 e. The van der Waals surface area contributed by atoms with Crippen molar-refractivity contribution in [1.29, 1.82) is 0 Å². The normalized spacial score (nSPS) is 15.6. The molecule has 2 rings (SSSR count). The van der Waals surface area contributed by atoms with E-state index in [9.17, 15) is 9.59 Å². The van der Waals surface area contributed by atoms with Crippen LogP contribution in [0.4, 0.5) is 0 Å². The van der Waals surface area contributed by atoms with Gasteiger partial charge in [-0.15, -0.1) is 0 Å². The molecule has 0 bridgehead atoms. The van der Waals surface area contributed by atoms with Crippen LogP contribution in [0.2, 0.25) is 0 Å². The first-order valence-electron chi connectivity index (χ1n) is 5.58. The van der Waals surface area contributed by atoms with E-state index in [0.29, 0.717) is 21.2 Å². The maximum atomic E-state index is 12.4. The van der Waals surface area contributed by atoms with Crippen molar-refractivity contribution in [3.05, 3.63) is 63.7 Å². The van der Waals surface area contributed by atoms with Gasteiger partial charge >= 0.3 is 5.97 Å². The van der Waals surface area contributed by atoms with Crippen molar-refractivity contribution < 1.29 is 14.7 Å². The van der Waals surface area contributed by atoms with Crippen LogP contribution in [-0.4, -0.2) is 16.9 Å². The van der Waals surface area contributed by atoms with Crippen LogP contribution in [-0.2, 0) is 4.79 Å². The molecule has 0 atom stereocenters. The maximum absolute atomic E-state index is 12.4. The number of Topliss-reactive ketones (excluding diaryl/α,β-unsaturated/α-hetero) is 1. The summed E-state index contributed by atoms with van der Waals surface area (Å²) in [5, 5.41) is 8.91. The first kappa shape index (κ1) is 13.5. The van der Waals surface area contributed by atoms with E-state index in [1.807, 2.05) is 12.1 Å². The van der Waals surface area contributed by atoms with Gasteiger partial charge in [-0.2, -0.15) is 0 Å². The fourth-order valence-electron chi connectivity index (χ4n) is 1.88. The minimum atomic E-state index is -1.05. The molecule has 1 aliphatic rings. The fraction of sp³-hybridized carbons (Fsp3) is 0.0667. The number of rotatable bonds is 2. The van der Waals surface area contributed by atoms with Gasteiger partial charge in [0.25, 0.3) is 0 Å². The zero-order valence-electron chi connectivity index (χ0n) is 10.2. The van der Waals surface area contributed by atoms with Crippen LogP contribution in [0.15, 0.2) is 52.5 Å². The molecule has 0 heterocycles. The van der Waals surface area contributed by atoms with Crippen molar-refractivity contribution in [3.8, 4) is 0 Å². The van der Waals surface area contributed by atoms with Gasteiger partial charge in [-0.3, -0.25) is 4.79 Å². The van der Waals surface area contributed by atoms with Gasteiger partial charge in [0.1, 0.15) is 0 Å². The number of fused-ring (bicyclic) bond motifs is 1. The summed E-state index contributed by atoms with van der Waals surface area (Å²) in [5.41, 5.74) is 2.42. The summed E-state index contributed by atoms with van der Waals surface area (Å²) in [6, 6.07) is 7.14. The Balaban J connectivity index is 2.61. The SMILES string of the molecule is C=C1C(Br)=C(/C=C(\C)C(=O)O)C(=O)c2ccccc21. The molecular weight excluding hydrogens is 308 g/mol. The Kier molecular flexibility index (Phi) is 3.53. The van der Waals surface area contributed by atoms with Crippen molar-refractivity contribution in [2.45, 2.75) is 6.92 Å². The molecule has 19 heavy (non-hydrogen) atoms. The molecule has 96 valence electrons. The van der Waals surface area contributed by atoms with E-state index in [1.54, 1.807) is 12.1 Å². The molecule has 3 nitrogen and oxygen atoms in total. The third-order valence-electron chi connectivity index (χ3n) is 2.94. The largest absolute Gasteiger partial charge is 0.478 e. The summed E-state index contributed by atoms with van der Waals surface area (Å²) in [6.45, 7) is 5.39. The summed E-state index contributed by atoms with van der Waals surface area (Å²) in [6.07, 6.45) is 1.37. The van der Waals surface area contributed by atoms with E-state index >= 15 is 0 Å². The molecule has 1 N–H and O–H groups in total. The number of carboxylic acids is 1. The lowest BCUT2D eigenvalue weighted by atomic mass is 9.87. The summed E-state index contributed by atoms with van der Waals surface area (Å²) < 4.78 is 0.539. The lowest BCUT2D eigenvalue weighted by molar-refractivity contribution is -0.132. The Hall–Kier alpha value is -1.94. The highest BCUT2D eigenvalue weighted by Gasteiger charge is 2.26. The molecule has 0 aromatic heterocycles. The minimum absolute atomic E-state index is 0.104. The van der Waals surface area contributed by atoms with E-state index < -0.39 is 5.97 Å². The van der Waals surface area contributed by atoms with Gasteiger partial charge in [-0.05, 0) is 40.1 Å². The molecule has 0 spiro atoms. The Morgan fingerprint density at radius 1 is 1.32 bits per heavy atom. The molecule has 1 aromatic rings. The number of halogens is 1. The zero-order chi connectivity index (χ0) is 14.2. The summed E-state index contributed by atoms with van der Waals surface area (Å²) in [5.74, 6) is -1.25.